The van der Waals surface area contributed by atoms with Crippen molar-refractivity contribution in [2.45, 2.75) is 70.9 Å². The molecule has 1 aliphatic carbocycles. The highest BCUT2D eigenvalue weighted by Crippen LogP contribution is 2.42. The van der Waals surface area contributed by atoms with Crippen molar-refractivity contribution in [1.82, 2.24) is 0 Å². The van der Waals surface area contributed by atoms with E-state index in [1.165, 1.54) is 30.4 Å². The summed E-state index contributed by atoms with van der Waals surface area (Å²) < 4.78 is 6.21. The van der Waals surface area contributed by atoms with Gasteiger partial charge in [0.05, 0.1) is 11.6 Å². The van der Waals surface area contributed by atoms with Crippen LogP contribution in [0.2, 0.25) is 0 Å². The molecule has 1 aromatic carbocycles. The molecular weight excluding hydrogens is 258 g/mol. The van der Waals surface area contributed by atoms with Crippen LogP contribution in [0.3, 0.4) is 0 Å². The van der Waals surface area contributed by atoms with E-state index in [0.717, 1.165) is 31.8 Å². The van der Waals surface area contributed by atoms with Crippen LogP contribution in [0, 0.1) is 5.92 Å². The molecule has 0 bridgehead atoms. The molecular formula is C19H31NO. The van der Waals surface area contributed by atoms with Crippen LogP contribution in [0.5, 0.6) is 0 Å². The van der Waals surface area contributed by atoms with Gasteiger partial charge in [0.1, 0.15) is 0 Å². The first-order valence-corrected chi connectivity index (χ1v) is 8.59. The number of benzene rings is 1. The smallest absolute Gasteiger partial charge is 0.0874 e. The van der Waals surface area contributed by atoms with E-state index in [9.17, 15) is 0 Å². The van der Waals surface area contributed by atoms with Gasteiger partial charge >= 0.3 is 0 Å². The summed E-state index contributed by atoms with van der Waals surface area (Å²) in [4.78, 5) is 0. The fraction of sp³-hybridized carbons (Fsp3) is 0.684. The Hall–Kier alpha value is -0.860. The maximum atomic E-state index is 6.68. The topological polar surface area (TPSA) is 35.2 Å². The lowest BCUT2D eigenvalue weighted by Crippen LogP contribution is -2.46. The summed E-state index contributed by atoms with van der Waals surface area (Å²) in [6, 6.07) is 8.79. The average Bonchev–Trinajstić information content (AvgIpc) is 2.50. The van der Waals surface area contributed by atoms with Gasteiger partial charge in [-0.05, 0) is 56.1 Å². The van der Waals surface area contributed by atoms with Gasteiger partial charge in [0.2, 0.25) is 0 Å². The molecule has 2 nitrogen and oxygen atoms in total. The summed E-state index contributed by atoms with van der Waals surface area (Å²) in [5.41, 5.74) is 9.15. The molecule has 2 rings (SSSR count). The van der Waals surface area contributed by atoms with E-state index in [4.69, 9.17) is 10.5 Å². The lowest BCUT2D eigenvalue weighted by molar-refractivity contribution is -0.0896. The standard InChI is InChI=1S/C19H31NO/c1-4-7-16-8-6-9-17(14-16)18(20)19(21-5-2)12-10-15(3)11-13-19/h6,8-9,14-15,18H,4-5,7,10-13,20H2,1-3H3. The lowest BCUT2D eigenvalue weighted by atomic mass is 9.73. The fourth-order valence-corrected chi connectivity index (χ4v) is 3.62. The van der Waals surface area contributed by atoms with E-state index in [1.54, 1.807) is 0 Å². The van der Waals surface area contributed by atoms with Gasteiger partial charge in [-0.3, -0.25) is 0 Å². The zero-order chi connectivity index (χ0) is 15.3. The number of hydrogen-bond donors (Lipinski definition) is 1. The van der Waals surface area contributed by atoms with E-state index in [1.807, 2.05) is 0 Å². The van der Waals surface area contributed by atoms with E-state index in [2.05, 4.69) is 45.0 Å². The monoisotopic (exact) mass is 289 g/mol. The molecule has 118 valence electrons. The Morgan fingerprint density at radius 3 is 2.62 bits per heavy atom. The fourth-order valence-electron chi connectivity index (χ4n) is 3.62. The molecule has 0 aliphatic heterocycles. The molecule has 1 aliphatic rings. The van der Waals surface area contributed by atoms with Gasteiger partial charge in [-0.25, -0.2) is 0 Å². The SMILES string of the molecule is CCCc1cccc(C(N)C2(OCC)CCC(C)CC2)c1. The van der Waals surface area contributed by atoms with Crippen LogP contribution in [0.4, 0.5) is 0 Å². The van der Waals surface area contributed by atoms with Crippen molar-refractivity contribution in [1.29, 1.82) is 0 Å². The number of hydrogen-bond acceptors (Lipinski definition) is 2. The molecule has 21 heavy (non-hydrogen) atoms. The van der Waals surface area contributed by atoms with Crippen LogP contribution in [-0.2, 0) is 11.2 Å². The lowest BCUT2D eigenvalue weighted by Gasteiger charge is -2.43. The van der Waals surface area contributed by atoms with Crippen molar-refractivity contribution in [2.24, 2.45) is 11.7 Å². The maximum absolute atomic E-state index is 6.68. The zero-order valence-corrected chi connectivity index (χ0v) is 13.9. The molecule has 0 saturated heterocycles. The molecule has 1 unspecified atom stereocenters. The summed E-state index contributed by atoms with van der Waals surface area (Å²) >= 11 is 0. The number of aryl methyl sites for hydroxylation is 1. The second kappa shape index (κ2) is 7.42. The van der Waals surface area contributed by atoms with Crippen LogP contribution in [0.25, 0.3) is 0 Å². The van der Waals surface area contributed by atoms with E-state index >= 15 is 0 Å². The Balaban J connectivity index is 2.21. The molecule has 1 fully saturated rings. The predicted octanol–water partition coefficient (Wildman–Crippen LogP) is 4.62. The summed E-state index contributed by atoms with van der Waals surface area (Å²) in [5, 5.41) is 0. The highest BCUT2D eigenvalue weighted by atomic mass is 16.5. The normalized spacial score (nSPS) is 27.5. The third-order valence-corrected chi connectivity index (χ3v) is 4.97. The van der Waals surface area contributed by atoms with Crippen LogP contribution in [0.1, 0.15) is 70.0 Å². The van der Waals surface area contributed by atoms with Gasteiger partial charge in [0.15, 0.2) is 0 Å². The molecule has 1 atom stereocenters. The Morgan fingerprint density at radius 2 is 2.00 bits per heavy atom. The van der Waals surface area contributed by atoms with Crippen molar-refractivity contribution in [2.75, 3.05) is 6.61 Å². The van der Waals surface area contributed by atoms with Crippen LogP contribution >= 0.6 is 0 Å². The van der Waals surface area contributed by atoms with Gasteiger partial charge in [-0.2, -0.15) is 0 Å². The molecule has 1 saturated carbocycles. The third kappa shape index (κ3) is 3.87. The minimum absolute atomic E-state index is 0.0123. The van der Waals surface area contributed by atoms with Crippen LogP contribution < -0.4 is 5.73 Å². The first kappa shape index (κ1) is 16.5. The Labute approximate surface area is 130 Å². The summed E-state index contributed by atoms with van der Waals surface area (Å²) in [6.07, 6.45) is 6.92. The summed E-state index contributed by atoms with van der Waals surface area (Å²) in [6.45, 7) is 7.39. The average molecular weight is 289 g/mol. The van der Waals surface area contributed by atoms with Gasteiger partial charge in [-0.15, -0.1) is 0 Å². The minimum Gasteiger partial charge on any atom is -0.373 e. The highest BCUT2D eigenvalue weighted by Gasteiger charge is 2.41. The summed E-state index contributed by atoms with van der Waals surface area (Å²) in [5.74, 6) is 0.803. The van der Waals surface area contributed by atoms with Gasteiger partial charge in [0.25, 0.3) is 0 Å². The van der Waals surface area contributed by atoms with Crippen molar-refractivity contribution in [3.05, 3.63) is 35.4 Å². The Bertz CT molecular complexity index is 435. The number of rotatable bonds is 6. The van der Waals surface area contributed by atoms with E-state index in [0.29, 0.717) is 0 Å². The van der Waals surface area contributed by atoms with Gasteiger partial charge in [0, 0.05) is 6.61 Å². The van der Waals surface area contributed by atoms with Crippen molar-refractivity contribution in [3.63, 3.8) is 0 Å². The Kier molecular flexibility index (Phi) is 5.83. The molecule has 1 aromatic rings. The van der Waals surface area contributed by atoms with Crippen LogP contribution in [-0.4, -0.2) is 12.2 Å². The van der Waals surface area contributed by atoms with Crippen molar-refractivity contribution in [3.8, 4) is 0 Å². The Morgan fingerprint density at radius 1 is 1.29 bits per heavy atom. The molecule has 2 heteroatoms. The molecule has 0 radical (unpaired) electrons. The second-order valence-electron chi connectivity index (χ2n) is 6.65. The molecule has 0 amide bonds. The largest absolute Gasteiger partial charge is 0.373 e. The first-order chi connectivity index (χ1) is 10.1. The number of nitrogens with two attached hydrogens (primary N) is 1. The molecule has 2 N–H and O–H groups in total. The minimum atomic E-state index is -0.161. The van der Waals surface area contributed by atoms with Gasteiger partial charge in [-0.1, -0.05) is 44.5 Å². The van der Waals surface area contributed by atoms with E-state index in [-0.39, 0.29) is 11.6 Å². The van der Waals surface area contributed by atoms with Crippen molar-refractivity contribution >= 4 is 0 Å². The zero-order valence-electron chi connectivity index (χ0n) is 13.9. The maximum Gasteiger partial charge on any atom is 0.0874 e. The molecule has 0 spiro atoms. The predicted molar refractivity (Wildman–Crippen MR) is 89.4 cm³/mol. The first-order valence-electron chi connectivity index (χ1n) is 8.59. The van der Waals surface area contributed by atoms with Gasteiger partial charge < -0.3 is 10.5 Å². The molecule has 0 aromatic heterocycles. The number of ether oxygens (including phenoxy) is 1. The van der Waals surface area contributed by atoms with Crippen LogP contribution in [0.15, 0.2) is 24.3 Å². The van der Waals surface area contributed by atoms with Crippen molar-refractivity contribution < 1.29 is 4.74 Å². The highest BCUT2D eigenvalue weighted by molar-refractivity contribution is 5.28. The third-order valence-electron chi connectivity index (χ3n) is 4.97. The summed E-state index contributed by atoms with van der Waals surface area (Å²) in [7, 11) is 0. The second-order valence-corrected chi connectivity index (χ2v) is 6.65. The van der Waals surface area contributed by atoms with E-state index < -0.39 is 0 Å². The molecule has 0 heterocycles. The quantitative estimate of drug-likeness (QED) is 0.829.